The summed E-state index contributed by atoms with van der Waals surface area (Å²) in [4.78, 5) is 0. The van der Waals surface area contributed by atoms with Crippen LogP contribution in [0.4, 0.5) is 0 Å². The first-order valence-electron chi connectivity index (χ1n) is 0.892. The summed E-state index contributed by atoms with van der Waals surface area (Å²) in [5, 5.41) is 6.17. The molecule has 4 heavy (non-hydrogen) atoms. The van der Waals surface area contributed by atoms with Gasteiger partial charge in [0.15, 0.2) is 0 Å². The van der Waals surface area contributed by atoms with Crippen LogP contribution in [0.15, 0.2) is 0 Å². The Morgan fingerprint density at radius 2 is 2.00 bits per heavy atom. The van der Waals surface area contributed by atoms with Gasteiger partial charge in [0.25, 0.3) is 5.84 Å². The lowest BCUT2D eigenvalue weighted by Crippen LogP contribution is -2.01. The highest BCUT2D eigenvalue weighted by molar-refractivity contribution is 5.80. The molecule has 0 aliphatic heterocycles. The second-order valence-corrected chi connectivity index (χ2v) is 0.525. The van der Waals surface area contributed by atoms with Gasteiger partial charge in [-0.05, 0) is 0 Å². The minimum absolute atomic E-state index is 0.0833. The molecule has 0 bridgehead atoms. The summed E-state index contributed by atoms with van der Waals surface area (Å²) in [5.41, 5.74) is 4.58. The van der Waals surface area contributed by atoms with E-state index in [2.05, 4.69) is 12.7 Å². The molecule has 2 heteroatoms. The van der Waals surface area contributed by atoms with Crippen LogP contribution in [0.3, 0.4) is 0 Å². The van der Waals surface area contributed by atoms with Gasteiger partial charge in [0.2, 0.25) is 0 Å². The first kappa shape index (κ1) is 3.34. The Hall–Kier alpha value is -0.660. The quantitative estimate of drug-likeness (QED) is 0.225. The molecule has 0 aromatic rings. The smallest absolute Gasteiger partial charge is 0.278 e. The zero-order chi connectivity index (χ0) is 3.58. The van der Waals surface area contributed by atoms with E-state index in [0.717, 1.165) is 0 Å². The zero-order valence-electron chi connectivity index (χ0n) is 2.28. The Morgan fingerprint density at radius 1 is 2.00 bits per heavy atom. The zero-order valence-corrected chi connectivity index (χ0v) is 2.28. The molecule has 0 saturated carbocycles. The van der Waals surface area contributed by atoms with Crippen LogP contribution in [-0.2, 0) is 0 Å². The van der Waals surface area contributed by atoms with Crippen LogP contribution in [-0.4, -0.2) is 5.84 Å². The van der Waals surface area contributed by atoms with Crippen molar-refractivity contribution in [3.63, 3.8) is 0 Å². The van der Waals surface area contributed by atoms with Gasteiger partial charge in [0, 0.05) is 0 Å². The topological polar surface area (TPSA) is 49.9 Å². The number of nitrogens with two attached hydrogens (primary N) is 1. The molecule has 0 spiro atoms. The number of nitrogens with one attached hydrogen (secondary N) is 1. The predicted molar refractivity (Wildman–Crippen MR) is 17.3 cm³/mol. The molecule has 3 N–H and O–H groups in total. The Kier molecular flexibility index (Phi) is 0.641. The minimum atomic E-state index is -0.0833. The van der Waals surface area contributed by atoms with Gasteiger partial charge in [-0.3, -0.25) is 0 Å². The van der Waals surface area contributed by atoms with Crippen LogP contribution in [0.5, 0.6) is 0 Å². The molecule has 0 heterocycles. The highest BCUT2D eigenvalue weighted by Gasteiger charge is 1.68. The standard InChI is InChI=1S/C2H5N2/c1-2(3)4/h1H2,(H3,3,4)/q+1. The van der Waals surface area contributed by atoms with Crippen LogP contribution >= 0.6 is 0 Å². The lowest BCUT2D eigenvalue weighted by atomic mass is 10.8. The molecule has 0 fully saturated rings. The first-order valence-corrected chi connectivity index (χ1v) is 0.892. The van der Waals surface area contributed by atoms with E-state index in [1.165, 1.54) is 0 Å². The Labute approximate surface area is 25.1 Å². The van der Waals surface area contributed by atoms with Crippen molar-refractivity contribution in [3.8, 4) is 0 Å². The minimum Gasteiger partial charge on any atom is -0.348 e. The maximum absolute atomic E-state index is 6.17. The van der Waals surface area contributed by atoms with Crippen LogP contribution in [0, 0.1) is 12.3 Å². The fourth-order valence-electron chi connectivity index (χ4n) is 0. The number of hydrogen-bond acceptors (Lipinski definition) is 1. The molecule has 0 aromatic carbocycles. The summed E-state index contributed by atoms with van der Waals surface area (Å²) in [6.45, 7) is 3.00. The van der Waals surface area contributed by atoms with Crippen LogP contribution < -0.4 is 5.73 Å². The van der Waals surface area contributed by atoms with Crippen molar-refractivity contribution in [2.75, 3.05) is 0 Å². The molecule has 0 aliphatic carbocycles. The van der Waals surface area contributed by atoms with E-state index in [1.807, 2.05) is 0 Å². The van der Waals surface area contributed by atoms with E-state index in [9.17, 15) is 0 Å². The summed E-state index contributed by atoms with van der Waals surface area (Å²) in [7, 11) is 0. The Balaban J connectivity index is 2.80. The second-order valence-electron chi connectivity index (χ2n) is 0.525. The van der Waals surface area contributed by atoms with Crippen LogP contribution in [0.25, 0.3) is 0 Å². The average molecular weight is 57.1 g/mol. The highest BCUT2D eigenvalue weighted by atomic mass is 14.7. The lowest BCUT2D eigenvalue weighted by Gasteiger charge is -1.54. The first-order chi connectivity index (χ1) is 1.73. The molecule has 22 valence electrons. The fraction of sp³-hybridized carbons (Fsp3) is 0. The van der Waals surface area contributed by atoms with Gasteiger partial charge in [-0.25, -0.2) is 5.41 Å². The van der Waals surface area contributed by atoms with Gasteiger partial charge < -0.3 is 5.73 Å². The van der Waals surface area contributed by atoms with Gasteiger partial charge in [-0.1, -0.05) is 0 Å². The van der Waals surface area contributed by atoms with Gasteiger partial charge in [-0.2, -0.15) is 0 Å². The normalized spacial score (nSPS) is 6.00. The van der Waals surface area contributed by atoms with E-state index in [0.29, 0.717) is 0 Å². The van der Waals surface area contributed by atoms with Crippen molar-refractivity contribution in [2.45, 2.75) is 0 Å². The average Bonchev–Trinajstić information content (AvgIpc) is 0.811. The highest BCUT2D eigenvalue weighted by Crippen LogP contribution is 1.34. The van der Waals surface area contributed by atoms with Gasteiger partial charge in [0.1, 0.15) is 6.92 Å². The fourth-order valence-corrected chi connectivity index (χ4v) is 0. The van der Waals surface area contributed by atoms with Crippen LogP contribution in [0.1, 0.15) is 0 Å². The SMILES string of the molecule is [CH2+]C(=N)N. The Morgan fingerprint density at radius 3 is 2.00 bits per heavy atom. The van der Waals surface area contributed by atoms with Gasteiger partial charge >= 0.3 is 0 Å². The molecule has 0 atom stereocenters. The van der Waals surface area contributed by atoms with Gasteiger partial charge in [0.05, 0.1) is 0 Å². The number of hydrogen-bond donors (Lipinski definition) is 2. The maximum Gasteiger partial charge on any atom is 0.278 e. The number of rotatable bonds is 0. The number of amidine groups is 1. The molecular weight excluding hydrogens is 52.0 g/mol. The van der Waals surface area contributed by atoms with E-state index >= 15 is 0 Å². The van der Waals surface area contributed by atoms with E-state index in [4.69, 9.17) is 5.41 Å². The van der Waals surface area contributed by atoms with Crippen molar-refractivity contribution in [1.29, 1.82) is 5.41 Å². The maximum atomic E-state index is 6.17. The molecule has 0 aromatic heterocycles. The van der Waals surface area contributed by atoms with Gasteiger partial charge in [-0.15, -0.1) is 0 Å². The molecular formula is C2H5N2+. The predicted octanol–water partition coefficient (Wildman–Crippen LogP) is -0.244. The summed E-state index contributed by atoms with van der Waals surface area (Å²) in [6, 6.07) is 0. The van der Waals surface area contributed by atoms with E-state index < -0.39 is 0 Å². The summed E-state index contributed by atoms with van der Waals surface area (Å²) >= 11 is 0. The molecule has 2 nitrogen and oxygen atoms in total. The second kappa shape index (κ2) is 0.767. The lowest BCUT2D eigenvalue weighted by molar-refractivity contribution is 1.47. The molecule has 0 unspecified atom stereocenters. The summed E-state index contributed by atoms with van der Waals surface area (Å²) in [6.07, 6.45) is 0. The third-order valence-corrected chi connectivity index (χ3v) is 0. The third-order valence-electron chi connectivity index (χ3n) is 0. The monoisotopic (exact) mass is 57.0 g/mol. The third kappa shape index (κ3) is 0.356. The molecule has 0 saturated heterocycles. The van der Waals surface area contributed by atoms with Crippen molar-refractivity contribution >= 4 is 5.84 Å². The molecule has 0 aliphatic rings. The van der Waals surface area contributed by atoms with Crippen molar-refractivity contribution in [3.05, 3.63) is 6.92 Å². The molecule has 0 radical (unpaired) electrons. The van der Waals surface area contributed by atoms with Crippen molar-refractivity contribution in [2.24, 2.45) is 5.73 Å². The largest absolute Gasteiger partial charge is 0.348 e. The van der Waals surface area contributed by atoms with Crippen LogP contribution in [0.2, 0.25) is 0 Å². The molecule has 0 rings (SSSR count). The van der Waals surface area contributed by atoms with E-state index in [-0.39, 0.29) is 5.84 Å². The van der Waals surface area contributed by atoms with E-state index in [1.54, 1.807) is 0 Å². The molecule has 0 amide bonds. The summed E-state index contributed by atoms with van der Waals surface area (Å²) in [5.74, 6) is -0.0833. The summed E-state index contributed by atoms with van der Waals surface area (Å²) < 4.78 is 0. The van der Waals surface area contributed by atoms with Crippen molar-refractivity contribution in [1.82, 2.24) is 0 Å². The van der Waals surface area contributed by atoms with Crippen molar-refractivity contribution < 1.29 is 0 Å². The Bertz CT molecular complexity index is 27.0.